The van der Waals surface area contributed by atoms with Crippen LogP contribution in [0.15, 0.2) is 0 Å². The van der Waals surface area contributed by atoms with Crippen LogP contribution < -0.4 is 11.3 Å². The van der Waals surface area contributed by atoms with Gasteiger partial charge in [-0.1, -0.05) is 28.8 Å². The van der Waals surface area contributed by atoms with Gasteiger partial charge in [0.1, 0.15) is 0 Å². The highest BCUT2D eigenvalue weighted by atomic mass is 79.9. The number of hydrogen-bond donors (Lipinski definition) is 2. The Labute approximate surface area is 65.3 Å². The van der Waals surface area contributed by atoms with Crippen LogP contribution >= 0.6 is 15.9 Å². The summed E-state index contributed by atoms with van der Waals surface area (Å²) in [7, 11) is 0. The molecule has 0 aromatic rings. The third kappa shape index (κ3) is 8.40. The maximum Gasteiger partial charge on any atom is 0.00974 e. The van der Waals surface area contributed by atoms with Gasteiger partial charge in [-0.05, 0) is 12.8 Å². The van der Waals surface area contributed by atoms with E-state index in [4.69, 9.17) is 5.84 Å². The van der Waals surface area contributed by atoms with Crippen LogP contribution in [-0.4, -0.2) is 11.9 Å². The predicted octanol–water partition coefficient (Wildman–Crippen LogP) is 1.40. The Morgan fingerprint density at radius 2 is 1.78 bits per heavy atom. The van der Waals surface area contributed by atoms with Gasteiger partial charge >= 0.3 is 0 Å². The fourth-order valence-electron chi connectivity index (χ4n) is 0.675. The SMILES string of the molecule is NNCCCCCCBr. The molecule has 0 aromatic carbocycles. The molecule has 0 spiro atoms. The van der Waals surface area contributed by atoms with Crippen molar-refractivity contribution in [1.29, 1.82) is 0 Å². The van der Waals surface area contributed by atoms with Crippen LogP contribution in [0.2, 0.25) is 0 Å². The Morgan fingerprint density at radius 1 is 1.11 bits per heavy atom. The minimum absolute atomic E-state index is 0.947. The van der Waals surface area contributed by atoms with E-state index in [1.54, 1.807) is 0 Å². The largest absolute Gasteiger partial charge is 0.271 e. The molecule has 0 bridgehead atoms. The van der Waals surface area contributed by atoms with E-state index in [9.17, 15) is 0 Å². The number of nitrogens with two attached hydrogens (primary N) is 1. The van der Waals surface area contributed by atoms with Crippen molar-refractivity contribution in [2.45, 2.75) is 25.7 Å². The lowest BCUT2D eigenvalue weighted by atomic mass is 10.2. The summed E-state index contributed by atoms with van der Waals surface area (Å²) in [6.45, 7) is 0.947. The van der Waals surface area contributed by atoms with Gasteiger partial charge in [0.2, 0.25) is 0 Å². The van der Waals surface area contributed by atoms with E-state index >= 15 is 0 Å². The molecule has 0 amide bonds. The van der Waals surface area contributed by atoms with Crippen LogP contribution in [0.1, 0.15) is 25.7 Å². The first-order chi connectivity index (χ1) is 4.41. The number of nitrogens with one attached hydrogen (secondary N) is 1. The fourth-order valence-corrected chi connectivity index (χ4v) is 1.07. The van der Waals surface area contributed by atoms with E-state index in [2.05, 4.69) is 21.4 Å². The van der Waals surface area contributed by atoms with Crippen molar-refractivity contribution in [3.05, 3.63) is 0 Å². The Bertz CT molecular complexity index is 44.3. The zero-order valence-corrected chi connectivity index (χ0v) is 7.28. The molecule has 0 saturated heterocycles. The Hall–Kier alpha value is 0.400. The number of hydrazine groups is 1. The second-order valence-corrected chi connectivity index (χ2v) is 2.85. The second kappa shape index (κ2) is 8.40. The van der Waals surface area contributed by atoms with E-state index in [0.29, 0.717) is 0 Å². The molecule has 0 fully saturated rings. The van der Waals surface area contributed by atoms with Gasteiger partial charge in [0.25, 0.3) is 0 Å². The molecular formula is C6H15BrN2. The third-order valence-corrected chi connectivity index (χ3v) is 1.77. The summed E-state index contributed by atoms with van der Waals surface area (Å²) in [5.41, 5.74) is 2.63. The fraction of sp³-hybridized carbons (Fsp3) is 1.00. The lowest BCUT2D eigenvalue weighted by molar-refractivity contribution is 0.616. The topological polar surface area (TPSA) is 38.0 Å². The van der Waals surface area contributed by atoms with Gasteiger partial charge in [0.15, 0.2) is 0 Å². The van der Waals surface area contributed by atoms with Crippen LogP contribution in [0, 0.1) is 0 Å². The zero-order chi connectivity index (χ0) is 6.95. The van der Waals surface area contributed by atoms with Crippen molar-refractivity contribution < 1.29 is 0 Å². The van der Waals surface area contributed by atoms with Crippen LogP contribution in [0.3, 0.4) is 0 Å². The van der Waals surface area contributed by atoms with Gasteiger partial charge in [0, 0.05) is 11.9 Å². The summed E-state index contributed by atoms with van der Waals surface area (Å²) in [6, 6.07) is 0. The average Bonchev–Trinajstić information content (AvgIpc) is 1.89. The highest BCUT2D eigenvalue weighted by Gasteiger charge is 1.85. The molecule has 3 heteroatoms. The minimum atomic E-state index is 0.947. The van der Waals surface area contributed by atoms with Crippen LogP contribution in [0.5, 0.6) is 0 Å². The molecule has 9 heavy (non-hydrogen) atoms. The van der Waals surface area contributed by atoms with Crippen LogP contribution in [0.25, 0.3) is 0 Å². The van der Waals surface area contributed by atoms with Gasteiger partial charge in [-0.25, -0.2) is 0 Å². The normalized spacial score (nSPS) is 10.0. The Kier molecular flexibility index (Phi) is 8.77. The van der Waals surface area contributed by atoms with E-state index < -0.39 is 0 Å². The standard InChI is InChI=1S/C6H15BrN2/c7-5-3-1-2-4-6-9-8/h9H,1-6,8H2. The van der Waals surface area contributed by atoms with Gasteiger partial charge in [-0.15, -0.1) is 0 Å². The quantitative estimate of drug-likeness (QED) is 0.291. The zero-order valence-electron chi connectivity index (χ0n) is 5.70. The lowest BCUT2D eigenvalue weighted by Crippen LogP contribution is -2.22. The average molecular weight is 195 g/mol. The predicted molar refractivity (Wildman–Crippen MR) is 44.5 cm³/mol. The molecule has 0 aliphatic carbocycles. The Morgan fingerprint density at radius 3 is 2.33 bits per heavy atom. The van der Waals surface area contributed by atoms with Gasteiger partial charge in [0.05, 0.1) is 0 Å². The molecule has 56 valence electrons. The highest BCUT2D eigenvalue weighted by Crippen LogP contribution is 2.00. The van der Waals surface area contributed by atoms with Crippen LogP contribution in [-0.2, 0) is 0 Å². The third-order valence-electron chi connectivity index (χ3n) is 1.20. The smallest absolute Gasteiger partial charge is 0.00974 e. The number of alkyl halides is 1. The first-order valence-electron chi connectivity index (χ1n) is 3.41. The van der Waals surface area contributed by atoms with Crippen molar-refractivity contribution in [2.24, 2.45) is 5.84 Å². The van der Waals surface area contributed by atoms with Crippen molar-refractivity contribution in [2.75, 3.05) is 11.9 Å². The molecule has 0 aromatic heterocycles. The number of halogens is 1. The monoisotopic (exact) mass is 194 g/mol. The summed E-state index contributed by atoms with van der Waals surface area (Å²) in [5, 5.41) is 1.13. The molecule has 0 unspecified atom stereocenters. The summed E-state index contributed by atoms with van der Waals surface area (Å²) in [6.07, 6.45) is 5.08. The number of unbranched alkanes of at least 4 members (excludes halogenated alkanes) is 3. The lowest BCUT2D eigenvalue weighted by Gasteiger charge is -1.96. The van der Waals surface area contributed by atoms with Gasteiger partial charge < -0.3 is 0 Å². The van der Waals surface area contributed by atoms with Gasteiger partial charge in [-0.2, -0.15) is 0 Å². The first-order valence-corrected chi connectivity index (χ1v) is 4.53. The van der Waals surface area contributed by atoms with Crippen molar-refractivity contribution in [3.8, 4) is 0 Å². The minimum Gasteiger partial charge on any atom is -0.271 e. The van der Waals surface area contributed by atoms with E-state index in [1.807, 2.05) is 0 Å². The molecular weight excluding hydrogens is 180 g/mol. The van der Waals surface area contributed by atoms with E-state index in [1.165, 1.54) is 25.7 Å². The molecule has 0 rings (SSSR count). The molecule has 0 aliphatic heterocycles. The van der Waals surface area contributed by atoms with E-state index in [-0.39, 0.29) is 0 Å². The maximum absolute atomic E-state index is 5.08. The van der Waals surface area contributed by atoms with Crippen LogP contribution in [0.4, 0.5) is 0 Å². The van der Waals surface area contributed by atoms with Crippen molar-refractivity contribution in [1.82, 2.24) is 5.43 Å². The van der Waals surface area contributed by atoms with E-state index in [0.717, 1.165) is 11.9 Å². The van der Waals surface area contributed by atoms with Crippen molar-refractivity contribution >= 4 is 15.9 Å². The van der Waals surface area contributed by atoms with Gasteiger partial charge in [-0.3, -0.25) is 11.3 Å². The molecule has 3 N–H and O–H groups in total. The molecule has 0 saturated carbocycles. The molecule has 2 nitrogen and oxygen atoms in total. The molecule has 0 atom stereocenters. The summed E-state index contributed by atoms with van der Waals surface area (Å²) in [5.74, 6) is 5.08. The van der Waals surface area contributed by atoms with Crippen molar-refractivity contribution in [3.63, 3.8) is 0 Å². The maximum atomic E-state index is 5.08. The second-order valence-electron chi connectivity index (χ2n) is 2.06. The first kappa shape index (κ1) is 9.40. The number of hydrogen-bond acceptors (Lipinski definition) is 2. The summed E-state index contributed by atoms with van der Waals surface area (Å²) >= 11 is 3.38. The molecule has 0 heterocycles. The number of rotatable bonds is 6. The summed E-state index contributed by atoms with van der Waals surface area (Å²) in [4.78, 5) is 0. The highest BCUT2D eigenvalue weighted by molar-refractivity contribution is 9.09. The Balaban J connectivity index is 2.60. The molecule has 0 aliphatic rings. The molecule has 0 radical (unpaired) electrons. The summed E-state index contributed by atoms with van der Waals surface area (Å²) < 4.78 is 0.